The van der Waals surface area contributed by atoms with E-state index >= 15 is 0 Å². The van der Waals surface area contributed by atoms with Crippen molar-refractivity contribution in [1.82, 2.24) is 19.4 Å². The number of imidazole rings is 1. The third kappa shape index (κ3) is 3.08. The minimum absolute atomic E-state index is 0.0917. The number of carbonyl (C=O) groups is 1. The number of benzene rings is 1. The minimum Gasteiger partial charge on any atom is -0.366 e. The summed E-state index contributed by atoms with van der Waals surface area (Å²) in [6.45, 7) is 1.90. The molecule has 0 radical (unpaired) electrons. The maximum atomic E-state index is 14.2. The molecule has 0 saturated carbocycles. The van der Waals surface area contributed by atoms with Gasteiger partial charge in [0.1, 0.15) is 11.5 Å². The van der Waals surface area contributed by atoms with Crippen LogP contribution in [0.15, 0.2) is 54.9 Å². The fourth-order valence-electron chi connectivity index (χ4n) is 2.86. The number of nitrogens with one attached hydrogen (secondary N) is 1. The normalized spacial score (nSPS) is 10.9. The summed E-state index contributed by atoms with van der Waals surface area (Å²) in [6, 6.07) is 11.4. The molecular formula is C19H15FN6O. The van der Waals surface area contributed by atoms with E-state index in [0.717, 1.165) is 23.1 Å². The molecule has 0 unspecified atom stereocenters. The standard InChI is InChI=1S/C19H15FN6O/c1-11-17(26-9-3-2-4-16(26)23-11)15-7-8-22-19(25-15)24-14-6-5-12(18(21)27)10-13(14)20/h2-10H,1H3,(H2,21,27)(H,22,24,25). The van der Waals surface area contributed by atoms with E-state index < -0.39 is 11.7 Å². The summed E-state index contributed by atoms with van der Waals surface area (Å²) < 4.78 is 16.1. The van der Waals surface area contributed by atoms with Crippen LogP contribution in [0.5, 0.6) is 0 Å². The maximum absolute atomic E-state index is 14.2. The zero-order valence-corrected chi connectivity index (χ0v) is 14.3. The van der Waals surface area contributed by atoms with Crippen molar-refractivity contribution >= 4 is 23.2 Å². The highest BCUT2D eigenvalue weighted by Gasteiger charge is 2.14. The molecule has 3 heterocycles. The predicted octanol–water partition coefficient (Wildman–Crippen LogP) is 3.08. The molecule has 3 N–H and O–H groups in total. The molecule has 134 valence electrons. The van der Waals surface area contributed by atoms with Crippen LogP contribution in [0, 0.1) is 12.7 Å². The third-order valence-corrected chi connectivity index (χ3v) is 4.10. The number of aromatic nitrogens is 4. The Balaban J connectivity index is 1.71. The fourth-order valence-corrected chi connectivity index (χ4v) is 2.86. The summed E-state index contributed by atoms with van der Waals surface area (Å²) in [5.41, 5.74) is 8.52. The van der Waals surface area contributed by atoms with Crippen molar-refractivity contribution in [2.75, 3.05) is 5.32 Å². The van der Waals surface area contributed by atoms with Crippen LogP contribution in [0.1, 0.15) is 16.1 Å². The number of fused-ring (bicyclic) bond motifs is 1. The van der Waals surface area contributed by atoms with E-state index in [1.807, 2.05) is 35.7 Å². The van der Waals surface area contributed by atoms with E-state index in [4.69, 9.17) is 5.73 Å². The van der Waals surface area contributed by atoms with Gasteiger partial charge in [0.2, 0.25) is 11.9 Å². The fraction of sp³-hybridized carbons (Fsp3) is 0.0526. The molecule has 0 aliphatic carbocycles. The molecule has 1 aromatic carbocycles. The third-order valence-electron chi connectivity index (χ3n) is 4.10. The van der Waals surface area contributed by atoms with Crippen LogP contribution in [0.2, 0.25) is 0 Å². The van der Waals surface area contributed by atoms with Crippen LogP contribution in [-0.4, -0.2) is 25.3 Å². The number of nitrogens with zero attached hydrogens (tertiary/aromatic N) is 4. The average molecular weight is 362 g/mol. The largest absolute Gasteiger partial charge is 0.366 e. The van der Waals surface area contributed by atoms with E-state index in [1.165, 1.54) is 12.1 Å². The second-order valence-corrected chi connectivity index (χ2v) is 5.92. The van der Waals surface area contributed by atoms with Gasteiger partial charge in [-0.3, -0.25) is 9.20 Å². The molecule has 27 heavy (non-hydrogen) atoms. The summed E-state index contributed by atoms with van der Waals surface area (Å²) in [5, 5.41) is 2.83. The zero-order valence-electron chi connectivity index (χ0n) is 14.3. The molecule has 7 nitrogen and oxygen atoms in total. The molecule has 8 heteroatoms. The molecule has 0 atom stereocenters. The first-order valence-corrected chi connectivity index (χ1v) is 8.16. The van der Waals surface area contributed by atoms with Gasteiger partial charge in [-0.2, -0.15) is 0 Å². The van der Waals surface area contributed by atoms with E-state index in [-0.39, 0.29) is 17.2 Å². The van der Waals surface area contributed by atoms with Crippen LogP contribution in [0.25, 0.3) is 17.0 Å². The van der Waals surface area contributed by atoms with E-state index in [9.17, 15) is 9.18 Å². The van der Waals surface area contributed by atoms with Crippen molar-refractivity contribution in [2.45, 2.75) is 6.92 Å². The highest BCUT2D eigenvalue weighted by atomic mass is 19.1. The summed E-state index contributed by atoms with van der Waals surface area (Å²) >= 11 is 0. The smallest absolute Gasteiger partial charge is 0.248 e. The van der Waals surface area contributed by atoms with Crippen LogP contribution in [-0.2, 0) is 0 Å². The SMILES string of the molecule is Cc1nc2ccccn2c1-c1ccnc(Nc2ccc(C(N)=O)cc2F)n1. The van der Waals surface area contributed by atoms with Crippen molar-refractivity contribution in [3.05, 3.63) is 71.9 Å². The molecule has 1 amide bonds. The number of aryl methyl sites for hydroxylation is 1. The number of pyridine rings is 1. The number of hydrogen-bond acceptors (Lipinski definition) is 5. The Morgan fingerprint density at radius 2 is 2.04 bits per heavy atom. The van der Waals surface area contributed by atoms with Gasteiger partial charge in [-0.25, -0.2) is 19.3 Å². The monoisotopic (exact) mass is 362 g/mol. The van der Waals surface area contributed by atoms with Crippen LogP contribution in [0.4, 0.5) is 16.0 Å². The lowest BCUT2D eigenvalue weighted by atomic mass is 10.2. The zero-order chi connectivity index (χ0) is 19.0. The second-order valence-electron chi connectivity index (χ2n) is 5.92. The van der Waals surface area contributed by atoms with Gasteiger partial charge in [0.05, 0.1) is 22.8 Å². The first-order valence-electron chi connectivity index (χ1n) is 8.16. The Labute approximate surface area is 153 Å². The predicted molar refractivity (Wildman–Crippen MR) is 99.2 cm³/mol. The Hall–Kier alpha value is -3.81. The number of primary amides is 1. The Kier molecular flexibility index (Phi) is 4.00. The molecule has 3 aromatic heterocycles. The number of hydrogen-bond donors (Lipinski definition) is 2. The lowest BCUT2D eigenvalue weighted by Crippen LogP contribution is -2.11. The summed E-state index contributed by atoms with van der Waals surface area (Å²) in [5.74, 6) is -1.09. The van der Waals surface area contributed by atoms with Crippen molar-refractivity contribution in [2.24, 2.45) is 5.73 Å². The summed E-state index contributed by atoms with van der Waals surface area (Å²) in [4.78, 5) is 24.3. The number of anilines is 2. The van der Waals surface area contributed by atoms with Crippen molar-refractivity contribution in [3.8, 4) is 11.4 Å². The highest BCUT2D eigenvalue weighted by molar-refractivity contribution is 5.93. The quantitative estimate of drug-likeness (QED) is 0.581. The minimum atomic E-state index is -0.693. The lowest BCUT2D eigenvalue weighted by Gasteiger charge is -2.09. The van der Waals surface area contributed by atoms with Crippen LogP contribution in [0.3, 0.4) is 0 Å². The number of rotatable bonds is 4. The van der Waals surface area contributed by atoms with Crippen LogP contribution < -0.4 is 11.1 Å². The van der Waals surface area contributed by atoms with Gasteiger partial charge >= 0.3 is 0 Å². The number of halogens is 1. The summed E-state index contributed by atoms with van der Waals surface area (Å²) in [6.07, 6.45) is 3.49. The van der Waals surface area contributed by atoms with Gasteiger partial charge in [-0.05, 0) is 43.3 Å². The van der Waals surface area contributed by atoms with Crippen LogP contribution >= 0.6 is 0 Å². The maximum Gasteiger partial charge on any atom is 0.248 e. The molecule has 4 rings (SSSR count). The molecule has 4 aromatic rings. The average Bonchev–Trinajstić information content (AvgIpc) is 2.99. The first-order chi connectivity index (χ1) is 13.0. The number of amides is 1. The Morgan fingerprint density at radius 1 is 1.19 bits per heavy atom. The lowest BCUT2D eigenvalue weighted by molar-refractivity contribution is 0.1000. The molecule has 0 bridgehead atoms. The molecule has 0 fully saturated rings. The highest BCUT2D eigenvalue weighted by Crippen LogP contribution is 2.25. The van der Waals surface area contributed by atoms with Gasteiger partial charge in [-0.1, -0.05) is 6.07 Å². The molecule has 0 spiro atoms. The van der Waals surface area contributed by atoms with Crippen molar-refractivity contribution < 1.29 is 9.18 Å². The van der Waals surface area contributed by atoms with Crippen molar-refractivity contribution in [3.63, 3.8) is 0 Å². The van der Waals surface area contributed by atoms with Gasteiger partial charge < -0.3 is 11.1 Å². The molecule has 0 aliphatic heterocycles. The number of carbonyl (C=O) groups excluding carboxylic acids is 1. The van der Waals surface area contributed by atoms with E-state index in [2.05, 4.69) is 20.3 Å². The summed E-state index contributed by atoms with van der Waals surface area (Å²) in [7, 11) is 0. The Bertz CT molecular complexity index is 1170. The van der Waals surface area contributed by atoms with Gasteiger partial charge in [0.15, 0.2) is 0 Å². The second kappa shape index (κ2) is 6.49. The molecule has 0 saturated heterocycles. The van der Waals surface area contributed by atoms with Crippen molar-refractivity contribution in [1.29, 1.82) is 0 Å². The Morgan fingerprint density at radius 3 is 2.81 bits per heavy atom. The van der Waals surface area contributed by atoms with Gasteiger partial charge in [0, 0.05) is 18.0 Å². The number of nitrogens with two attached hydrogens (primary N) is 1. The first kappa shape index (κ1) is 16.6. The molecule has 0 aliphatic rings. The van der Waals surface area contributed by atoms with Gasteiger partial charge in [0.25, 0.3) is 0 Å². The topological polar surface area (TPSA) is 98.2 Å². The van der Waals surface area contributed by atoms with Gasteiger partial charge in [-0.15, -0.1) is 0 Å². The molecular weight excluding hydrogens is 347 g/mol. The van der Waals surface area contributed by atoms with E-state index in [0.29, 0.717) is 5.69 Å². The van der Waals surface area contributed by atoms with E-state index in [1.54, 1.807) is 12.3 Å².